The summed E-state index contributed by atoms with van der Waals surface area (Å²) in [5, 5.41) is 7.31. The minimum atomic E-state index is -0.154. The first kappa shape index (κ1) is 21.2. The standard InChI is InChI=1S/C22H28N4O5/c1-13-10-26(11-14(2)31-13)22(28)20-17-12-25(8-7-18(17)23-24-20)21(27)16-6-5-15(29-3)9-19(16)30-4/h5-6,9,13-14H,7-8,10-12H2,1-4H3,(H,23,24). The minimum absolute atomic E-state index is 0.0249. The SMILES string of the molecule is COc1ccc(C(=O)N2CCc3[nH]nc(C(=O)N4CC(C)OC(C)C4)c3C2)c(OC)c1. The third-order valence-corrected chi connectivity index (χ3v) is 5.77. The number of benzene rings is 1. The van der Waals surface area contributed by atoms with Gasteiger partial charge in [-0.3, -0.25) is 14.7 Å². The highest BCUT2D eigenvalue weighted by Gasteiger charge is 2.33. The van der Waals surface area contributed by atoms with Gasteiger partial charge in [0, 0.05) is 43.4 Å². The van der Waals surface area contributed by atoms with Crippen molar-refractivity contribution in [1.82, 2.24) is 20.0 Å². The maximum atomic E-state index is 13.2. The number of nitrogens with one attached hydrogen (secondary N) is 1. The third-order valence-electron chi connectivity index (χ3n) is 5.77. The van der Waals surface area contributed by atoms with Crippen molar-refractivity contribution < 1.29 is 23.8 Å². The van der Waals surface area contributed by atoms with Gasteiger partial charge in [0.2, 0.25) is 0 Å². The Morgan fingerprint density at radius 2 is 1.84 bits per heavy atom. The number of carbonyl (C=O) groups excluding carboxylic acids is 2. The fraction of sp³-hybridized carbons (Fsp3) is 0.500. The molecule has 1 aromatic heterocycles. The molecule has 0 spiro atoms. The number of hydrogen-bond donors (Lipinski definition) is 1. The molecule has 9 heteroatoms. The predicted octanol–water partition coefficient (Wildman–Crippen LogP) is 1.87. The summed E-state index contributed by atoms with van der Waals surface area (Å²) in [6, 6.07) is 5.13. The molecule has 1 fully saturated rings. The number of fused-ring (bicyclic) bond motifs is 1. The summed E-state index contributed by atoms with van der Waals surface area (Å²) in [5.41, 5.74) is 2.53. The van der Waals surface area contributed by atoms with Crippen molar-refractivity contribution in [3.8, 4) is 11.5 Å². The molecular formula is C22H28N4O5. The Morgan fingerprint density at radius 1 is 1.10 bits per heavy atom. The Bertz CT molecular complexity index is 978. The lowest BCUT2D eigenvalue weighted by Crippen LogP contribution is -2.48. The van der Waals surface area contributed by atoms with Gasteiger partial charge in [-0.25, -0.2) is 0 Å². The molecule has 0 radical (unpaired) electrons. The second-order valence-electron chi connectivity index (χ2n) is 8.04. The Hall–Kier alpha value is -3.07. The van der Waals surface area contributed by atoms with Gasteiger partial charge in [0.15, 0.2) is 5.69 Å². The van der Waals surface area contributed by atoms with Crippen LogP contribution in [0.3, 0.4) is 0 Å². The Morgan fingerprint density at radius 3 is 2.52 bits per heavy atom. The van der Waals surface area contributed by atoms with Crippen molar-refractivity contribution >= 4 is 11.8 Å². The number of amides is 2. The van der Waals surface area contributed by atoms with Crippen LogP contribution in [-0.4, -0.2) is 77.9 Å². The van der Waals surface area contributed by atoms with Gasteiger partial charge >= 0.3 is 0 Å². The van der Waals surface area contributed by atoms with Crippen molar-refractivity contribution in [2.45, 2.75) is 39.0 Å². The van der Waals surface area contributed by atoms with E-state index in [0.29, 0.717) is 55.4 Å². The van der Waals surface area contributed by atoms with E-state index in [0.717, 1.165) is 11.3 Å². The maximum Gasteiger partial charge on any atom is 0.274 e. The molecule has 2 aliphatic rings. The minimum Gasteiger partial charge on any atom is -0.497 e. The van der Waals surface area contributed by atoms with E-state index in [1.54, 1.807) is 35.1 Å². The van der Waals surface area contributed by atoms with Gasteiger partial charge in [-0.2, -0.15) is 5.10 Å². The van der Waals surface area contributed by atoms with Crippen LogP contribution in [0.25, 0.3) is 0 Å². The second-order valence-corrected chi connectivity index (χ2v) is 8.04. The van der Waals surface area contributed by atoms with Crippen molar-refractivity contribution in [2.24, 2.45) is 0 Å². The molecule has 1 aromatic carbocycles. The number of carbonyl (C=O) groups is 2. The summed E-state index contributed by atoms with van der Waals surface area (Å²) in [5.74, 6) is 0.787. The summed E-state index contributed by atoms with van der Waals surface area (Å²) in [6.45, 7) is 5.81. The Balaban J connectivity index is 1.56. The molecule has 1 N–H and O–H groups in total. The number of ether oxygens (including phenoxy) is 3. The number of methoxy groups -OCH3 is 2. The summed E-state index contributed by atoms with van der Waals surface area (Å²) in [6.07, 6.45) is 0.557. The summed E-state index contributed by atoms with van der Waals surface area (Å²) in [4.78, 5) is 29.9. The molecule has 2 unspecified atom stereocenters. The molecule has 1 saturated heterocycles. The predicted molar refractivity (Wildman–Crippen MR) is 112 cm³/mol. The molecule has 2 aliphatic heterocycles. The van der Waals surface area contributed by atoms with Crippen LogP contribution >= 0.6 is 0 Å². The summed E-state index contributed by atoms with van der Waals surface area (Å²) < 4.78 is 16.4. The van der Waals surface area contributed by atoms with Crippen molar-refractivity contribution in [1.29, 1.82) is 0 Å². The molecular weight excluding hydrogens is 400 g/mol. The van der Waals surface area contributed by atoms with E-state index in [1.165, 1.54) is 7.11 Å². The van der Waals surface area contributed by atoms with Crippen LogP contribution in [0.1, 0.15) is 46.0 Å². The largest absolute Gasteiger partial charge is 0.497 e. The van der Waals surface area contributed by atoms with E-state index in [9.17, 15) is 9.59 Å². The molecule has 9 nitrogen and oxygen atoms in total. The number of rotatable bonds is 4. The smallest absolute Gasteiger partial charge is 0.274 e. The van der Waals surface area contributed by atoms with E-state index in [1.807, 2.05) is 13.8 Å². The van der Waals surface area contributed by atoms with Gasteiger partial charge in [-0.1, -0.05) is 0 Å². The normalized spacial score (nSPS) is 20.9. The quantitative estimate of drug-likeness (QED) is 0.799. The lowest BCUT2D eigenvalue weighted by molar-refractivity contribution is -0.0587. The van der Waals surface area contributed by atoms with Gasteiger partial charge < -0.3 is 24.0 Å². The highest BCUT2D eigenvalue weighted by Crippen LogP contribution is 2.29. The maximum absolute atomic E-state index is 13.2. The number of aromatic nitrogens is 2. The lowest BCUT2D eigenvalue weighted by Gasteiger charge is -2.35. The number of morpholine rings is 1. The van der Waals surface area contributed by atoms with Crippen LogP contribution < -0.4 is 9.47 Å². The molecule has 0 aliphatic carbocycles. The highest BCUT2D eigenvalue weighted by atomic mass is 16.5. The van der Waals surface area contributed by atoms with Gasteiger partial charge in [0.25, 0.3) is 11.8 Å². The molecule has 166 valence electrons. The number of nitrogens with zero attached hydrogens (tertiary/aromatic N) is 3. The van der Waals surface area contributed by atoms with Crippen molar-refractivity contribution in [3.63, 3.8) is 0 Å². The lowest BCUT2D eigenvalue weighted by atomic mass is 10.0. The molecule has 31 heavy (non-hydrogen) atoms. The average molecular weight is 428 g/mol. The van der Waals surface area contributed by atoms with Crippen LogP contribution in [-0.2, 0) is 17.7 Å². The first-order chi connectivity index (χ1) is 14.9. The van der Waals surface area contributed by atoms with E-state index in [2.05, 4.69) is 10.2 Å². The van der Waals surface area contributed by atoms with E-state index in [-0.39, 0.29) is 24.0 Å². The summed E-state index contributed by atoms with van der Waals surface area (Å²) >= 11 is 0. The zero-order chi connectivity index (χ0) is 22.1. The van der Waals surface area contributed by atoms with Gasteiger partial charge in [0.05, 0.1) is 38.5 Å². The Labute approximate surface area is 181 Å². The van der Waals surface area contributed by atoms with Crippen LogP contribution in [0.4, 0.5) is 0 Å². The van der Waals surface area contributed by atoms with Crippen LogP contribution in [0.2, 0.25) is 0 Å². The first-order valence-electron chi connectivity index (χ1n) is 10.4. The second kappa shape index (κ2) is 8.58. The van der Waals surface area contributed by atoms with Gasteiger partial charge in [0.1, 0.15) is 11.5 Å². The number of hydrogen-bond acceptors (Lipinski definition) is 6. The first-order valence-corrected chi connectivity index (χ1v) is 10.4. The van der Waals surface area contributed by atoms with Crippen LogP contribution in [0, 0.1) is 0 Å². The van der Waals surface area contributed by atoms with Crippen LogP contribution in [0.15, 0.2) is 18.2 Å². The zero-order valence-electron chi connectivity index (χ0n) is 18.3. The highest BCUT2D eigenvalue weighted by molar-refractivity contribution is 5.98. The monoisotopic (exact) mass is 428 g/mol. The topological polar surface area (TPSA) is 97.0 Å². The number of H-pyrrole nitrogens is 1. The summed E-state index contributed by atoms with van der Waals surface area (Å²) in [7, 11) is 3.09. The fourth-order valence-corrected chi connectivity index (χ4v) is 4.28. The van der Waals surface area contributed by atoms with Crippen molar-refractivity contribution in [3.05, 3.63) is 40.7 Å². The third kappa shape index (κ3) is 4.10. The molecule has 4 rings (SSSR count). The zero-order valence-corrected chi connectivity index (χ0v) is 18.3. The van der Waals surface area contributed by atoms with E-state index < -0.39 is 0 Å². The average Bonchev–Trinajstić information content (AvgIpc) is 3.20. The van der Waals surface area contributed by atoms with Gasteiger partial charge in [-0.15, -0.1) is 0 Å². The molecule has 0 saturated carbocycles. The fourth-order valence-electron chi connectivity index (χ4n) is 4.28. The number of aromatic amines is 1. The molecule has 2 aromatic rings. The molecule has 2 amide bonds. The molecule has 3 heterocycles. The van der Waals surface area contributed by atoms with E-state index in [4.69, 9.17) is 14.2 Å². The van der Waals surface area contributed by atoms with E-state index >= 15 is 0 Å². The van der Waals surface area contributed by atoms with Crippen molar-refractivity contribution in [2.75, 3.05) is 33.9 Å². The Kier molecular flexibility index (Phi) is 5.86. The van der Waals surface area contributed by atoms with Crippen LogP contribution in [0.5, 0.6) is 11.5 Å². The molecule has 2 atom stereocenters. The van der Waals surface area contributed by atoms with Gasteiger partial charge in [-0.05, 0) is 26.0 Å². The molecule has 0 bridgehead atoms.